The Morgan fingerprint density at radius 3 is 2.15 bits per heavy atom. The molecule has 4 aliphatic carbocycles. The van der Waals surface area contributed by atoms with E-state index in [0.717, 1.165) is 24.9 Å². The van der Waals surface area contributed by atoms with Gasteiger partial charge < -0.3 is 10.6 Å². The van der Waals surface area contributed by atoms with E-state index in [-0.39, 0.29) is 12.4 Å². The maximum absolute atomic E-state index is 12.5. The fraction of sp³-hybridized carbons (Fsp3) is 0.938. The molecule has 1 atom stereocenters. The molecule has 4 rings (SSSR count). The Bertz CT molecular complexity index is 319. The second kappa shape index (κ2) is 6.65. The van der Waals surface area contributed by atoms with Crippen LogP contribution in [0, 0.1) is 29.6 Å². The highest BCUT2D eigenvalue weighted by atomic mass is 35.5. The van der Waals surface area contributed by atoms with Crippen LogP contribution in [-0.4, -0.2) is 25.0 Å². The minimum atomic E-state index is 0. The first-order valence-electron chi connectivity index (χ1n) is 8.18. The molecule has 0 radical (unpaired) electrons. The highest BCUT2D eigenvalue weighted by molar-refractivity contribution is 5.85. The molecule has 0 saturated heterocycles. The second-order valence-corrected chi connectivity index (χ2v) is 7.16. The van der Waals surface area contributed by atoms with Crippen molar-refractivity contribution in [2.45, 2.75) is 52.0 Å². The van der Waals surface area contributed by atoms with Crippen molar-refractivity contribution in [2.24, 2.45) is 29.6 Å². The molecule has 0 aromatic carbocycles. The van der Waals surface area contributed by atoms with Crippen molar-refractivity contribution in [1.29, 1.82) is 0 Å². The molecule has 3 nitrogen and oxygen atoms in total. The predicted octanol–water partition coefficient (Wildman–Crippen LogP) is 2.59. The Morgan fingerprint density at radius 2 is 1.65 bits per heavy atom. The molecular formula is C16H29ClN2O. The van der Waals surface area contributed by atoms with Crippen LogP contribution in [0.15, 0.2) is 0 Å². The predicted molar refractivity (Wildman–Crippen MR) is 83.9 cm³/mol. The van der Waals surface area contributed by atoms with Crippen LogP contribution < -0.4 is 10.6 Å². The van der Waals surface area contributed by atoms with Crippen molar-refractivity contribution in [3.05, 3.63) is 0 Å². The molecule has 4 aliphatic rings. The van der Waals surface area contributed by atoms with Crippen molar-refractivity contribution in [1.82, 2.24) is 10.6 Å². The number of hydrogen-bond donors (Lipinski definition) is 2. The van der Waals surface area contributed by atoms with Gasteiger partial charge in [0.15, 0.2) is 0 Å². The minimum Gasteiger partial charge on any atom is -0.354 e. The van der Waals surface area contributed by atoms with Crippen LogP contribution in [0.5, 0.6) is 0 Å². The Balaban J connectivity index is 0.00000147. The molecule has 0 unspecified atom stereocenters. The highest BCUT2D eigenvalue weighted by Gasteiger charge is 2.50. The average Bonchev–Trinajstić information content (AvgIpc) is 2.35. The monoisotopic (exact) mass is 300 g/mol. The van der Waals surface area contributed by atoms with E-state index in [2.05, 4.69) is 24.5 Å². The van der Waals surface area contributed by atoms with Crippen molar-refractivity contribution in [2.75, 3.05) is 13.1 Å². The van der Waals surface area contributed by atoms with E-state index >= 15 is 0 Å². The molecule has 0 spiro atoms. The smallest absolute Gasteiger partial charge is 0.223 e. The third kappa shape index (κ3) is 3.14. The number of carbonyl (C=O) groups excluding carboxylic acids is 1. The van der Waals surface area contributed by atoms with Crippen LogP contribution in [0.2, 0.25) is 0 Å². The summed E-state index contributed by atoms with van der Waals surface area (Å²) in [5, 5.41) is 6.55. The standard InChI is InChI=1S/C16H28N2O.ClH/c1-3-17-10(2)9-18-16(19)15-13-5-11-4-12(7-13)8-14(15)6-11;/h10-15,17H,3-9H2,1-2H3,(H,18,19);1H/t10-,11?,12?,13?,14?,15?;/m1./s1. The van der Waals surface area contributed by atoms with Crippen LogP contribution >= 0.6 is 12.4 Å². The van der Waals surface area contributed by atoms with Crippen LogP contribution in [-0.2, 0) is 4.79 Å². The molecule has 4 saturated carbocycles. The van der Waals surface area contributed by atoms with Gasteiger partial charge in [0.2, 0.25) is 5.91 Å². The maximum Gasteiger partial charge on any atom is 0.223 e. The van der Waals surface area contributed by atoms with E-state index in [9.17, 15) is 4.79 Å². The van der Waals surface area contributed by atoms with Crippen molar-refractivity contribution in [3.8, 4) is 0 Å². The summed E-state index contributed by atoms with van der Waals surface area (Å²) < 4.78 is 0. The number of amides is 1. The molecular weight excluding hydrogens is 272 g/mol. The van der Waals surface area contributed by atoms with Gasteiger partial charge in [0.1, 0.15) is 0 Å². The lowest BCUT2D eigenvalue weighted by molar-refractivity contribution is -0.138. The van der Waals surface area contributed by atoms with Gasteiger partial charge in [-0.25, -0.2) is 0 Å². The molecule has 4 bridgehead atoms. The zero-order valence-electron chi connectivity index (χ0n) is 12.7. The first-order valence-corrected chi connectivity index (χ1v) is 8.18. The number of nitrogens with one attached hydrogen (secondary N) is 2. The molecule has 20 heavy (non-hydrogen) atoms. The topological polar surface area (TPSA) is 41.1 Å². The molecule has 0 heterocycles. The molecule has 2 N–H and O–H groups in total. The Labute approximate surface area is 129 Å². The third-order valence-corrected chi connectivity index (χ3v) is 5.66. The number of likely N-dealkylation sites (N-methyl/N-ethyl adjacent to an activating group) is 1. The first-order chi connectivity index (χ1) is 9.17. The van der Waals surface area contributed by atoms with E-state index in [1.54, 1.807) is 0 Å². The summed E-state index contributed by atoms with van der Waals surface area (Å²) in [6, 6.07) is 0.380. The van der Waals surface area contributed by atoms with Gasteiger partial charge in [0.05, 0.1) is 0 Å². The van der Waals surface area contributed by atoms with E-state index in [1.807, 2.05) is 0 Å². The molecule has 1 amide bonds. The molecule has 4 heteroatoms. The largest absolute Gasteiger partial charge is 0.354 e. The van der Waals surface area contributed by atoms with Gasteiger partial charge in [-0.3, -0.25) is 4.79 Å². The van der Waals surface area contributed by atoms with Crippen molar-refractivity contribution < 1.29 is 4.79 Å². The Kier molecular flexibility index (Phi) is 5.36. The molecule has 0 aliphatic heterocycles. The normalized spacial score (nSPS) is 39.2. The number of hydrogen-bond acceptors (Lipinski definition) is 2. The van der Waals surface area contributed by atoms with Crippen LogP contribution in [0.25, 0.3) is 0 Å². The van der Waals surface area contributed by atoms with Crippen LogP contribution in [0.3, 0.4) is 0 Å². The molecule has 116 valence electrons. The quantitative estimate of drug-likeness (QED) is 0.819. The summed E-state index contributed by atoms with van der Waals surface area (Å²) >= 11 is 0. The van der Waals surface area contributed by atoms with Crippen molar-refractivity contribution >= 4 is 18.3 Å². The van der Waals surface area contributed by atoms with Crippen molar-refractivity contribution in [3.63, 3.8) is 0 Å². The van der Waals surface area contributed by atoms with E-state index in [4.69, 9.17) is 0 Å². The average molecular weight is 301 g/mol. The lowest BCUT2D eigenvalue weighted by atomic mass is 9.51. The van der Waals surface area contributed by atoms with Crippen LogP contribution in [0.1, 0.15) is 46.0 Å². The molecule has 0 aromatic rings. The lowest BCUT2D eigenvalue weighted by Crippen LogP contribution is -2.52. The fourth-order valence-electron chi connectivity index (χ4n) is 5.15. The number of rotatable bonds is 5. The summed E-state index contributed by atoms with van der Waals surface area (Å²) in [4.78, 5) is 12.5. The van der Waals surface area contributed by atoms with Gasteiger partial charge in [0, 0.05) is 18.5 Å². The summed E-state index contributed by atoms with van der Waals surface area (Å²) in [7, 11) is 0. The zero-order valence-corrected chi connectivity index (χ0v) is 13.5. The van der Waals surface area contributed by atoms with Gasteiger partial charge >= 0.3 is 0 Å². The molecule has 0 aromatic heterocycles. The number of halogens is 1. The summed E-state index contributed by atoms with van der Waals surface area (Å²) in [5.41, 5.74) is 0. The maximum atomic E-state index is 12.5. The minimum absolute atomic E-state index is 0. The third-order valence-electron chi connectivity index (χ3n) is 5.66. The first kappa shape index (κ1) is 16.1. The number of carbonyl (C=O) groups is 1. The molecule has 4 fully saturated rings. The summed E-state index contributed by atoms with van der Waals surface area (Å²) in [5.74, 6) is 3.98. The van der Waals surface area contributed by atoms with E-state index in [1.165, 1.54) is 32.1 Å². The Morgan fingerprint density at radius 1 is 1.10 bits per heavy atom. The van der Waals surface area contributed by atoms with Crippen LogP contribution in [0.4, 0.5) is 0 Å². The second-order valence-electron chi connectivity index (χ2n) is 7.16. The Hall–Kier alpha value is -0.280. The lowest BCUT2D eigenvalue weighted by Gasteiger charge is -2.53. The van der Waals surface area contributed by atoms with E-state index in [0.29, 0.717) is 29.7 Å². The van der Waals surface area contributed by atoms with Gasteiger partial charge in [-0.2, -0.15) is 0 Å². The van der Waals surface area contributed by atoms with E-state index < -0.39 is 0 Å². The highest BCUT2D eigenvalue weighted by Crippen LogP contribution is 2.56. The van der Waals surface area contributed by atoms with Gasteiger partial charge in [-0.05, 0) is 69.2 Å². The van der Waals surface area contributed by atoms with Gasteiger partial charge in [-0.15, -0.1) is 12.4 Å². The fourth-order valence-corrected chi connectivity index (χ4v) is 5.15. The van der Waals surface area contributed by atoms with Gasteiger partial charge in [-0.1, -0.05) is 6.92 Å². The SMILES string of the molecule is CCN[C@H](C)CNC(=O)C1C2CC3CC(C2)CC1C3.Cl. The van der Waals surface area contributed by atoms with Gasteiger partial charge in [0.25, 0.3) is 0 Å². The summed E-state index contributed by atoms with van der Waals surface area (Å²) in [6.45, 7) is 5.99. The zero-order chi connectivity index (χ0) is 13.4. The summed E-state index contributed by atoms with van der Waals surface area (Å²) in [6.07, 6.45) is 6.77.